The molecule has 8 heteroatoms. The van der Waals surface area contributed by atoms with E-state index in [0.29, 0.717) is 11.4 Å². The molecule has 0 spiro atoms. The van der Waals surface area contributed by atoms with Gasteiger partial charge in [0.15, 0.2) is 0 Å². The summed E-state index contributed by atoms with van der Waals surface area (Å²) >= 11 is 0. The summed E-state index contributed by atoms with van der Waals surface area (Å²) in [5, 5.41) is 20.4. The number of carbonyl (C=O) groups is 2. The Morgan fingerprint density at radius 3 is 2.00 bits per heavy atom. The van der Waals surface area contributed by atoms with E-state index < -0.39 is 18.2 Å². The third kappa shape index (κ3) is 4.80. The quantitative estimate of drug-likeness (QED) is 0.486. The molecule has 8 nitrogen and oxygen atoms in total. The number of ether oxygens (including phenoxy) is 2. The number of nitrogens with zero attached hydrogens (tertiary/aromatic N) is 1. The number of anilines is 2. The molecular formula is C21H22N2O6. The van der Waals surface area contributed by atoms with Crippen LogP contribution in [0.25, 0.3) is 12.2 Å². The van der Waals surface area contributed by atoms with Crippen LogP contribution >= 0.6 is 0 Å². The molecule has 2 aromatic carbocycles. The molecule has 0 radical (unpaired) electrons. The van der Waals surface area contributed by atoms with Crippen LogP contribution in [0.2, 0.25) is 0 Å². The maximum atomic E-state index is 13.2. The standard InChI is InChI=1S/C21H22N2O6/c24-11-13-28-19(20(26)29-14-12-25)22-21(27)23-17-7-3-1-5-15(17)9-10-16-6-2-4-8-18(16)23/h1-10,19,24-25H,11-14H2,(H,22,27). The highest BCUT2D eigenvalue weighted by atomic mass is 16.6. The number of amides is 2. The summed E-state index contributed by atoms with van der Waals surface area (Å²) in [6.45, 7) is -1.09. The van der Waals surface area contributed by atoms with Gasteiger partial charge in [0.25, 0.3) is 0 Å². The summed E-state index contributed by atoms with van der Waals surface area (Å²) in [6, 6.07) is 14.1. The molecule has 0 saturated heterocycles. The normalized spacial score (nSPS) is 13.1. The second kappa shape index (κ2) is 9.83. The molecule has 1 heterocycles. The van der Waals surface area contributed by atoms with Gasteiger partial charge in [-0.2, -0.15) is 0 Å². The van der Waals surface area contributed by atoms with Crippen LogP contribution in [0, 0.1) is 0 Å². The van der Waals surface area contributed by atoms with Crippen molar-refractivity contribution in [2.75, 3.05) is 31.3 Å². The largest absolute Gasteiger partial charge is 0.460 e. The van der Waals surface area contributed by atoms with Crippen LogP contribution in [-0.2, 0) is 14.3 Å². The smallest absolute Gasteiger partial charge is 0.356 e. The first-order valence-electron chi connectivity index (χ1n) is 9.12. The number of fused-ring (bicyclic) bond motifs is 2. The van der Waals surface area contributed by atoms with E-state index in [4.69, 9.17) is 19.7 Å². The lowest BCUT2D eigenvalue weighted by molar-refractivity contribution is -0.160. The van der Waals surface area contributed by atoms with E-state index in [2.05, 4.69) is 5.32 Å². The Morgan fingerprint density at radius 1 is 0.897 bits per heavy atom. The third-order valence-electron chi connectivity index (χ3n) is 4.18. The van der Waals surface area contributed by atoms with Crippen molar-refractivity contribution in [2.24, 2.45) is 0 Å². The van der Waals surface area contributed by atoms with Crippen LogP contribution in [0.15, 0.2) is 48.5 Å². The van der Waals surface area contributed by atoms with E-state index >= 15 is 0 Å². The predicted octanol–water partition coefficient (Wildman–Crippen LogP) is 1.89. The third-order valence-corrected chi connectivity index (χ3v) is 4.18. The van der Waals surface area contributed by atoms with E-state index in [1.807, 2.05) is 48.6 Å². The molecule has 0 aliphatic carbocycles. The van der Waals surface area contributed by atoms with Crippen molar-refractivity contribution in [2.45, 2.75) is 6.23 Å². The number of para-hydroxylation sites is 2. The Kier molecular flexibility index (Phi) is 6.96. The minimum atomic E-state index is -1.43. The first-order valence-corrected chi connectivity index (χ1v) is 9.12. The van der Waals surface area contributed by atoms with Crippen LogP contribution in [0.5, 0.6) is 0 Å². The molecule has 0 fully saturated rings. The molecule has 3 N–H and O–H groups in total. The molecular weight excluding hydrogens is 376 g/mol. The number of nitrogens with one attached hydrogen (secondary N) is 1. The zero-order chi connectivity index (χ0) is 20.6. The number of aliphatic hydroxyl groups excluding tert-OH is 2. The van der Waals surface area contributed by atoms with E-state index in [1.54, 1.807) is 12.1 Å². The van der Waals surface area contributed by atoms with Gasteiger partial charge in [0.1, 0.15) is 6.61 Å². The lowest BCUT2D eigenvalue weighted by atomic mass is 10.1. The van der Waals surface area contributed by atoms with Crippen molar-refractivity contribution in [3.8, 4) is 0 Å². The number of esters is 1. The van der Waals surface area contributed by atoms with Crippen molar-refractivity contribution in [1.29, 1.82) is 0 Å². The van der Waals surface area contributed by atoms with E-state index in [1.165, 1.54) is 4.90 Å². The summed E-state index contributed by atoms with van der Waals surface area (Å²) in [7, 11) is 0. The highest BCUT2D eigenvalue weighted by molar-refractivity contribution is 6.06. The fourth-order valence-electron chi connectivity index (χ4n) is 2.93. The van der Waals surface area contributed by atoms with Gasteiger partial charge in [-0.1, -0.05) is 48.6 Å². The molecule has 0 bridgehead atoms. The van der Waals surface area contributed by atoms with Crippen LogP contribution in [-0.4, -0.2) is 54.9 Å². The number of aliphatic hydroxyl groups is 2. The lowest BCUT2D eigenvalue weighted by Gasteiger charge is -2.27. The van der Waals surface area contributed by atoms with Gasteiger partial charge in [0, 0.05) is 0 Å². The molecule has 3 rings (SSSR count). The van der Waals surface area contributed by atoms with Gasteiger partial charge < -0.3 is 25.0 Å². The average Bonchev–Trinajstić information content (AvgIpc) is 2.91. The van der Waals surface area contributed by atoms with Crippen LogP contribution in [0.1, 0.15) is 11.1 Å². The maximum Gasteiger partial charge on any atom is 0.356 e. The molecule has 1 unspecified atom stereocenters. The van der Waals surface area contributed by atoms with Crippen molar-refractivity contribution in [3.05, 3.63) is 59.7 Å². The number of urea groups is 1. The maximum absolute atomic E-state index is 13.2. The number of rotatable bonds is 7. The van der Waals surface area contributed by atoms with Gasteiger partial charge in [0.2, 0.25) is 6.23 Å². The topological polar surface area (TPSA) is 108 Å². The second-order valence-corrected chi connectivity index (χ2v) is 6.10. The first kappa shape index (κ1) is 20.5. The summed E-state index contributed by atoms with van der Waals surface area (Å²) in [6.07, 6.45) is 2.39. The molecule has 1 aliphatic heterocycles. The molecule has 29 heavy (non-hydrogen) atoms. The first-order chi connectivity index (χ1) is 14.2. The van der Waals surface area contributed by atoms with Crippen LogP contribution in [0.4, 0.5) is 16.2 Å². The molecule has 2 amide bonds. The van der Waals surface area contributed by atoms with E-state index in [0.717, 1.165) is 11.1 Å². The number of hydrogen-bond acceptors (Lipinski definition) is 6. The van der Waals surface area contributed by atoms with Crippen LogP contribution in [0.3, 0.4) is 0 Å². The van der Waals surface area contributed by atoms with Crippen molar-refractivity contribution < 1.29 is 29.3 Å². The van der Waals surface area contributed by atoms with Gasteiger partial charge in [0.05, 0.1) is 31.2 Å². The van der Waals surface area contributed by atoms with Gasteiger partial charge in [-0.05, 0) is 23.3 Å². The molecule has 1 atom stereocenters. The van der Waals surface area contributed by atoms with Crippen molar-refractivity contribution in [3.63, 3.8) is 0 Å². The Morgan fingerprint density at radius 2 is 1.45 bits per heavy atom. The monoisotopic (exact) mass is 398 g/mol. The SMILES string of the molecule is O=C(OCCO)C(NC(=O)N1c2ccccc2C=Cc2ccccc21)OCCO. The second-order valence-electron chi connectivity index (χ2n) is 6.10. The van der Waals surface area contributed by atoms with Gasteiger partial charge in [-0.25, -0.2) is 9.59 Å². The molecule has 2 aromatic rings. The summed E-state index contributed by atoms with van der Waals surface area (Å²) < 4.78 is 10.1. The molecule has 0 saturated carbocycles. The lowest BCUT2D eigenvalue weighted by Crippen LogP contribution is -2.49. The summed E-state index contributed by atoms with van der Waals surface area (Å²) in [4.78, 5) is 26.9. The minimum Gasteiger partial charge on any atom is -0.460 e. The minimum absolute atomic E-state index is 0.173. The Hall–Kier alpha value is -3.20. The number of carbonyl (C=O) groups excluding carboxylic acids is 2. The fraction of sp³-hybridized carbons (Fsp3) is 0.238. The zero-order valence-corrected chi connectivity index (χ0v) is 15.7. The fourth-order valence-corrected chi connectivity index (χ4v) is 2.93. The Labute approximate surface area is 168 Å². The van der Waals surface area contributed by atoms with E-state index in [9.17, 15) is 9.59 Å². The van der Waals surface area contributed by atoms with Crippen molar-refractivity contribution in [1.82, 2.24) is 5.32 Å². The Balaban J connectivity index is 1.92. The number of hydrogen-bond donors (Lipinski definition) is 3. The molecule has 1 aliphatic rings. The predicted molar refractivity (Wildman–Crippen MR) is 107 cm³/mol. The van der Waals surface area contributed by atoms with Gasteiger partial charge >= 0.3 is 12.0 Å². The van der Waals surface area contributed by atoms with Gasteiger partial charge in [-0.15, -0.1) is 0 Å². The Bertz CT molecular complexity index is 849. The van der Waals surface area contributed by atoms with Gasteiger partial charge in [-0.3, -0.25) is 4.90 Å². The molecule has 152 valence electrons. The zero-order valence-electron chi connectivity index (χ0n) is 15.7. The number of benzene rings is 2. The summed E-state index contributed by atoms with van der Waals surface area (Å²) in [5.74, 6) is -0.865. The van der Waals surface area contributed by atoms with Crippen molar-refractivity contribution >= 4 is 35.5 Å². The molecule has 0 aromatic heterocycles. The summed E-state index contributed by atoms with van der Waals surface area (Å²) in [5.41, 5.74) is 2.93. The van der Waals surface area contributed by atoms with Crippen LogP contribution < -0.4 is 10.2 Å². The highest BCUT2D eigenvalue weighted by Crippen LogP contribution is 2.36. The van der Waals surface area contributed by atoms with E-state index in [-0.39, 0.29) is 26.4 Å². The average molecular weight is 398 g/mol. The highest BCUT2D eigenvalue weighted by Gasteiger charge is 2.29.